The lowest BCUT2D eigenvalue weighted by Gasteiger charge is -2.17. The molecule has 0 saturated heterocycles. The molecule has 100 valence electrons. The van der Waals surface area contributed by atoms with Gasteiger partial charge in [0.25, 0.3) is 11.7 Å². The number of hydrogen-bond acceptors (Lipinski definition) is 3. The lowest BCUT2D eigenvalue weighted by molar-refractivity contribution is -0.122. The Bertz CT molecular complexity index is 587. The number of hydrogen-bond donors (Lipinski definition) is 0. The number of ketones is 2. The van der Waals surface area contributed by atoms with Gasteiger partial charge in [-0.2, -0.15) is 0 Å². The van der Waals surface area contributed by atoms with Gasteiger partial charge in [-0.1, -0.05) is 19.9 Å². The maximum atomic E-state index is 12.0. The first-order chi connectivity index (χ1) is 8.82. The van der Waals surface area contributed by atoms with E-state index in [1.807, 2.05) is 19.9 Å². The molecular formula is C15H17NO3. The third-order valence-electron chi connectivity index (χ3n) is 3.37. The van der Waals surface area contributed by atoms with Crippen molar-refractivity contribution in [3.05, 3.63) is 28.8 Å². The number of carbonyl (C=O) groups is 3. The Balaban J connectivity index is 2.47. The molecule has 1 aromatic carbocycles. The first-order valence-corrected chi connectivity index (χ1v) is 6.33. The summed E-state index contributed by atoms with van der Waals surface area (Å²) in [5.41, 5.74) is 2.77. The van der Waals surface area contributed by atoms with Gasteiger partial charge in [-0.15, -0.1) is 0 Å². The third-order valence-corrected chi connectivity index (χ3v) is 3.37. The Morgan fingerprint density at radius 2 is 1.84 bits per heavy atom. The number of Topliss-reactive ketones (excluding diaryl/α,β-unsaturated/α-hetero) is 2. The summed E-state index contributed by atoms with van der Waals surface area (Å²) in [5.74, 6) is -1.31. The largest absolute Gasteiger partial charge is 0.299 e. The molecule has 0 fully saturated rings. The first-order valence-electron chi connectivity index (χ1n) is 6.33. The molecule has 0 aromatic heterocycles. The van der Waals surface area contributed by atoms with Crippen LogP contribution in [0.1, 0.15) is 35.3 Å². The van der Waals surface area contributed by atoms with Crippen molar-refractivity contribution in [3.63, 3.8) is 0 Å². The lowest BCUT2D eigenvalue weighted by atomic mass is 10.0. The van der Waals surface area contributed by atoms with Gasteiger partial charge in [-0.25, -0.2) is 0 Å². The summed E-state index contributed by atoms with van der Waals surface area (Å²) in [5, 5.41) is 0. The number of carbonyl (C=O) groups excluding carboxylic acids is 3. The zero-order valence-corrected chi connectivity index (χ0v) is 11.6. The molecule has 2 rings (SSSR count). The molecule has 0 unspecified atom stereocenters. The summed E-state index contributed by atoms with van der Waals surface area (Å²) in [6, 6.07) is 3.66. The van der Waals surface area contributed by atoms with Crippen LogP contribution >= 0.6 is 0 Å². The van der Waals surface area contributed by atoms with Gasteiger partial charge in [0.1, 0.15) is 0 Å². The highest BCUT2D eigenvalue weighted by Gasteiger charge is 2.38. The lowest BCUT2D eigenvalue weighted by Crippen LogP contribution is -2.36. The van der Waals surface area contributed by atoms with Crippen LogP contribution in [0.25, 0.3) is 0 Å². The van der Waals surface area contributed by atoms with Crippen LogP contribution in [0.2, 0.25) is 0 Å². The van der Waals surface area contributed by atoms with Crippen molar-refractivity contribution in [2.75, 3.05) is 11.4 Å². The van der Waals surface area contributed by atoms with Gasteiger partial charge in [-0.3, -0.25) is 19.3 Å². The minimum absolute atomic E-state index is 0.0296. The molecule has 1 amide bonds. The summed E-state index contributed by atoms with van der Waals surface area (Å²) in [6.45, 7) is 7.26. The van der Waals surface area contributed by atoms with Crippen LogP contribution < -0.4 is 4.90 Å². The average Bonchev–Trinajstić information content (AvgIpc) is 2.54. The molecular weight excluding hydrogens is 242 g/mol. The monoisotopic (exact) mass is 259 g/mol. The highest BCUT2D eigenvalue weighted by Crippen LogP contribution is 2.32. The van der Waals surface area contributed by atoms with Crippen LogP contribution in [0.5, 0.6) is 0 Å². The highest BCUT2D eigenvalue weighted by molar-refractivity contribution is 6.53. The van der Waals surface area contributed by atoms with Crippen molar-refractivity contribution < 1.29 is 14.4 Å². The fourth-order valence-electron chi connectivity index (χ4n) is 2.29. The normalized spacial score (nSPS) is 14.3. The van der Waals surface area contributed by atoms with E-state index in [1.165, 1.54) is 4.90 Å². The Labute approximate surface area is 112 Å². The van der Waals surface area contributed by atoms with Gasteiger partial charge in [0, 0.05) is 5.92 Å². The van der Waals surface area contributed by atoms with Crippen LogP contribution in [0, 0.1) is 19.8 Å². The predicted molar refractivity (Wildman–Crippen MR) is 72.4 cm³/mol. The molecule has 4 nitrogen and oxygen atoms in total. The van der Waals surface area contributed by atoms with Crippen LogP contribution in [-0.4, -0.2) is 24.0 Å². The SMILES string of the molecule is Cc1cc(C)c2c(c1)N(CC(=O)C(C)C)C(=O)C2=O. The Morgan fingerprint density at radius 1 is 1.21 bits per heavy atom. The second kappa shape index (κ2) is 4.61. The topological polar surface area (TPSA) is 54.5 Å². The maximum Gasteiger partial charge on any atom is 0.299 e. The smallest absolute Gasteiger partial charge is 0.297 e. The zero-order valence-electron chi connectivity index (χ0n) is 11.6. The number of anilines is 1. The number of aryl methyl sites for hydroxylation is 2. The van der Waals surface area contributed by atoms with Gasteiger partial charge in [0.2, 0.25) is 0 Å². The molecule has 1 aliphatic rings. The highest BCUT2D eigenvalue weighted by atomic mass is 16.2. The van der Waals surface area contributed by atoms with Gasteiger partial charge in [-0.05, 0) is 31.0 Å². The molecule has 1 aromatic rings. The Morgan fingerprint density at radius 3 is 2.42 bits per heavy atom. The summed E-state index contributed by atoms with van der Waals surface area (Å²) in [7, 11) is 0. The van der Waals surface area contributed by atoms with Crippen molar-refractivity contribution in [1.82, 2.24) is 0 Å². The quantitative estimate of drug-likeness (QED) is 0.781. The second-order valence-electron chi connectivity index (χ2n) is 5.32. The zero-order chi connectivity index (χ0) is 14.3. The molecule has 4 heteroatoms. The van der Waals surface area contributed by atoms with E-state index in [1.54, 1.807) is 19.9 Å². The van der Waals surface area contributed by atoms with Gasteiger partial charge < -0.3 is 0 Å². The van der Waals surface area contributed by atoms with E-state index in [9.17, 15) is 14.4 Å². The van der Waals surface area contributed by atoms with Gasteiger partial charge >= 0.3 is 0 Å². The molecule has 0 saturated carbocycles. The first kappa shape index (κ1) is 13.5. The number of rotatable bonds is 3. The summed E-state index contributed by atoms with van der Waals surface area (Å²) >= 11 is 0. The fraction of sp³-hybridized carbons (Fsp3) is 0.400. The van der Waals surface area contributed by atoms with Crippen molar-refractivity contribution in [3.8, 4) is 0 Å². The maximum absolute atomic E-state index is 12.0. The minimum atomic E-state index is -0.599. The molecule has 0 bridgehead atoms. The molecule has 0 aliphatic carbocycles. The van der Waals surface area contributed by atoms with E-state index in [4.69, 9.17) is 0 Å². The van der Waals surface area contributed by atoms with Crippen LogP contribution in [0.3, 0.4) is 0 Å². The number of fused-ring (bicyclic) bond motifs is 1. The third kappa shape index (κ3) is 2.18. The molecule has 0 radical (unpaired) electrons. The standard InChI is InChI=1S/C15H17NO3/c1-8(2)12(17)7-16-11-6-9(3)5-10(4)13(11)14(18)15(16)19/h5-6,8H,7H2,1-4H3. The van der Waals surface area contributed by atoms with Gasteiger partial charge in [0.15, 0.2) is 5.78 Å². The summed E-state index contributed by atoms with van der Waals surface area (Å²) in [6.07, 6.45) is 0. The van der Waals surface area contributed by atoms with Crippen molar-refractivity contribution >= 4 is 23.2 Å². The Kier molecular flexibility index (Phi) is 3.27. The fourth-order valence-corrected chi connectivity index (χ4v) is 2.29. The molecule has 1 heterocycles. The molecule has 0 spiro atoms. The number of nitrogens with zero attached hydrogens (tertiary/aromatic N) is 1. The van der Waals surface area contributed by atoms with Crippen LogP contribution in [0.4, 0.5) is 5.69 Å². The van der Waals surface area contributed by atoms with Crippen molar-refractivity contribution in [2.24, 2.45) is 5.92 Å². The Hall–Kier alpha value is -1.97. The minimum Gasteiger partial charge on any atom is -0.297 e. The van der Waals surface area contributed by atoms with Crippen molar-refractivity contribution in [2.45, 2.75) is 27.7 Å². The summed E-state index contributed by atoms with van der Waals surface area (Å²) in [4.78, 5) is 37.1. The summed E-state index contributed by atoms with van der Waals surface area (Å²) < 4.78 is 0. The van der Waals surface area contributed by atoms with E-state index in [-0.39, 0.29) is 18.2 Å². The van der Waals surface area contributed by atoms with Crippen molar-refractivity contribution in [1.29, 1.82) is 0 Å². The average molecular weight is 259 g/mol. The predicted octanol–water partition coefficient (Wildman–Crippen LogP) is 2.06. The molecule has 19 heavy (non-hydrogen) atoms. The number of amides is 1. The van der Waals surface area contributed by atoms with Gasteiger partial charge in [0.05, 0.1) is 17.8 Å². The van der Waals surface area contributed by atoms with Crippen LogP contribution in [-0.2, 0) is 9.59 Å². The van der Waals surface area contributed by atoms with E-state index in [0.717, 1.165) is 11.1 Å². The van der Waals surface area contributed by atoms with E-state index in [0.29, 0.717) is 11.3 Å². The van der Waals surface area contributed by atoms with E-state index in [2.05, 4.69) is 0 Å². The molecule has 1 aliphatic heterocycles. The molecule has 0 atom stereocenters. The van der Waals surface area contributed by atoms with Crippen LogP contribution in [0.15, 0.2) is 12.1 Å². The van der Waals surface area contributed by atoms with E-state index >= 15 is 0 Å². The number of benzene rings is 1. The van der Waals surface area contributed by atoms with E-state index < -0.39 is 11.7 Å². The molecule has 0 N–H and O–H groups in total. The second-order valence-corrected chi connectivity index (χ2v) is 5.32.